The Balaban J connectivity index is 1.88. The molecule has 0 aromatic heterocycles. The third-order valence-corrected chi connectivity index (χ3v) is 3.33. The van der Waals surface area contributed by atoms with Crippen molar-refractivity contribution in [2.24, 2.45) is 0 Å². The molecule has 2 aromatic carbocycles. The zero-order valence-electron chi connectivity index (χ0n) is 12.4. The maximum absolute atomic E-state index is 13.0. The molecule has 116 valence electrons. The van der Waals surface area contributed by atoms with Crippen LogP contribution in [0.1, 0.15) is 0 Å². The summed E-state index contributed by atoms with van der Waals surface area (Å²) in [6, 6.07) is 11.8. The van der Waals surface area contributed by atoms with E-state index in [0.717, 1.165) is 11.4 Å². The number of nitrogens with zero attached hydrogens (tertiary/aromatic N) is 1. The van der Waals surface area contributed by atoms with Crippen molar-refractivity contribution in [1.82, 2.24) is 0 Å². The summed E-state index contributed by atoms with van der Waals surface area (Å²) in [4.78, 5) is 13.8. The fraction of sp³-hybridized carbons (Fsp3) is 0.188. The Morgan fingerprint density at radius 1 is 1.14 bits per heavy atom. The molecule has 2 aromatic rings. The predicted molar refractivity (Wildman–Crippen MR) is 89.3 cm³/mol. The Morgan fingerprint density at radius 3 is 2.36 bits per heavy atom. The minimum Gasteiger partial charge on any atom is -0.378 e. The summed E-state index contributed by atoms with van der Waals surface area (Å²) in [6.07, 6.45) is 0. The molecule has 0 aliphatic rings. The van der Waals surface area contributed by atoms with E-state index in [2.05, 4.69) is 10.6 Å². The molecule has 0 heterocycles. The maximum Gasteiger partial charge on any atom is 0.243 e. The first-order valence-electron chi connectivity index (χ1n) is 6.72. The van der Waals surface area contributed by atoms with E-state index in [4.69, 9.17) is 11.6 Å². The van der Waals surface area contributed by atoms with Gasteiger partial charge < -0.3 is 15.5 Å². The normalized spacial score (nSPS) is 10.2. The van der Waals surface area contributed by atoms with Gasteiger partial charge in [0.05, 0.1) is 11.6 Å². The topological polar surface area (TPSA) is 44.4 Å². The molecule has 6 heteroatoms. The lowest BCUT2D eigenvalue weighted by molar-refractivity contribution is -0.114. The monoisotopic (exact) mass is 321 g/mol. The summed E-state index contributed by atoms with van der Waals surface area (Å²) < 4.78 is 13.0. The van der Waals surface area contributed by atoms with Crippen LogP contribution in [0.3, 0.4) is 0 Å². The molecule has 1 amide bonds. The van der Waals surface area contributed by atoms with E-state index in [-0.39, 0.29) is 17.5 Å². The van der Waals surface area contributed by atoms with Crippen molar-refractivity contribution in [1.29, 1.82) is 0 Å². The Morgan fingerprint density at radius 2 is 1.77 bits per heavy atom. The van der Waals surface area contributed by atoms with Gasteiger partial charge in [-0.3, -0.25) is 4.79 Å². The summed E-state index contributed by atoms with van der Waals surface area (Å²) >= 11 is 5.66. The molecule has 0 aliphatic heterocycles. The Hall–Kier alpha value is -2.27. The maximum atomic E-state index is 13.0. The van der Waals surface area contributed by atoms with Crippen molar-refractivity contribution in [3.05, 3.63) is 53.3 Å². The van der Waals surface area contributed by atoms with Crippen LogP contribution in [0.2, 0.25) is 5.02 Å². The standard InChI is InChI=1S/C16H17ClFN3O/c1-21(2)13-6-3-11(4-7-13)19-10-16(22)20-12-5-8-15(18)14(17)9-12/h3-9,19H,10H2,1-2H3,(H,20,22). The van der Waals surface area contributed by atoms with Gasteiger partial charge in [0, 0.05) is 31.2 Å². The van der Waals surface area contributed by atoms with E-state index < -0.39 is 5.82 Å². The van der Waals surface area contributed by atoms with E-state index in [0.29, 0.717) is 5.69 Å². The lowest BCUT2D eigenvalue weighted by Crippen LogP contribution is -2.21. The number of halogens is 2. The molecular formula is C16H17ClFN3O. The van der Waals surface area contributed by atoms with Gasteiger partial charge in [-0.1, -0.05) is 11.6 Å². The molecule has 22 heavy (non-hydrogen) atoms. The van der Waals surface area contributed by atoms with Crippen LogP contribution in [0, 0.1) is 5.82 Å². The average molecular weight is 322 g/mol. The van der Waals surface area contributed by atoms with Crippen LogP contribution in [0.25, 0.3) is 0 Å². The van der Waals surface area contributed by atoms with Crippen molar-refractivity contribution in [3.8, 4) is 0 Å². The highest BCUT2D eigenvalue weighted by Crippen LogP contribution is 2.19. The van der Waals surface area contributed by atoms with E-state index >= 15 is 0 Å². The third-order valence-electron chi connectivity index (χ3n) is 3.04. The number of benzene rings is 2. The predicted octanol–water partition coefficient (Wildman–Crippen LogP) is 3.60. The summed E-state index contributed by atoms with van der Waals surface area (Å²) in [5, 5.41) is 5.65. The summed E-state index contributed by atoms with van der Waals surface area (Å²) in [5.41, 5.74) is 2.38. The number of carbonyl (C=O) groups is 1. The number of amides is 1. The molecule has 0 atom stereocenters. The first-order chi connectivity index (χ1) is 10.5. The molecule has 0 saturated carbocycles. The highest BCUT2D eigenvalue weighted by atomic mass is 35.5. The number of carbonyl (C=O) groups excluding carboxylic acids is 1. The van der Waals surface area contributed by atoms with Gasteiger partial charge in [0.25, 0.3) is 0 Å². The van der Waals surface area contributed by atoms with E-state index in [9.17, 15) is 9.18 Å². The smallest absolute Gasteiger partial charge is 0.243 e. The first kappa shape index (κ1) is 16.1. The Bertz CT molecular complexity index is 659. The molecule has 2 rings (SSSR count). The highest BCUT2D eigenvalue weighted by Gasteiger charge is 2.05. The van der Waals surface area contributed by atoms with Crippen molar-refractivity contribution >= 4 is 34.6 Å². The van der Waals surface area contributed by atoms with E-state index in [1.807, 2.05) is 43.3 Å². The Labute approximate surface area is 133 Å². The first-order valence-corrected chi connectivity index (χ1v) is 7.09. The van der Waals surface area contributed by atoms with Gasteiger partial charge in [0.15, 0.2) is 0 Å². The van der Waals surface area contributed by atoms with Crippen LogP contribution in [-0.4, -0.2) is 26.5 Å². The third kappa shape index (κ3) is 4.36. The van der Waals surface area contributed by atoms with Crippen LogP contribution >= 0.6 is 11.6 Å². The summed E-state index contributed by atoms with van der Waals surface area (Å²) in [7, 11) is 3.92. The number of nitrogens with one attached hydrogen (secondary N) is 2. The van der Waals surface area contributed by atoms with Crippen molar-refractivity contribution in [2.75, 3.05) is 36.2 Å². The second-order valence-electron chi connectivity index (χ2n) is 4.97. The van der Waals surface area contributed by atoms with E-state index in [1.54, 1.807) is 0 Å². The van der Waals surface area contributed by atoms with Crippen molar-refractivity contribution < 1.29 is 9.18 Å². The van der Waals surface area contributed by atoms with Gasteiger partial charge in [-0.05, 0) is 42.5 Å². The lowest BCUT2D eigenvalue weighted by Gasteiger charge is -2.13. The van der Waals surface area contributed by atoms with Gasteiger partial charge in [0.1, 0.15) is 5.82 Å². The fourth-order valence-electron chi connectivity index (χ4n) is 1.84. The van der Waals surface area contributed by atoms with Crippen LogP contribution in [0.4, 0.5) is 21.5 Å². The molecule has 0 aliphatic carbocycles. The van der Waals surface area contributed by atoms with Gasteiger partial charge in [-0.2, -0.15) is 0 Å². The van der Waals surface area contributed by atoms with Gasteiger partial charge in [0.2, 0.25) is 5.91 Å². The molecule has 0 fully saturated rings. The second kappa shape index (κ2) is 7.13. The molecule has 4 nitrogen and oxygen atoms in total. The molecular weight excluding hydrogens is 305 g/mol. The summed E-state index contributed by atoms with van der Waals surface area (Å²) in [5.74, 6) is -0.752. The molecule has 0 spiro atoms. The molecule has 2 N–H and O–H groups in total. The van der Waals surface area contributed by atoms with Gasteiger partial charge in [-0.15, -0.1) is 0 Å². The highest BCUT2D eigenvalue weighted by molar-refractivity contribution is 6.31. The van der Waals surface area contributed by atoms with Crippen LogP contribution in [0.15, 0.2) is 42.5 Å². The second-order valence-corrected chi connectivity index (χ2v) is 5.38. The fourth-order valence-corrected chi connectivity index (χ4v) is 2.02. The largest absolute Gasteiger partial charge is 0.378 e. The minimum atomic E-state index is -0.515. The summed E-state index contributed by atoms with van der Waals surface area (Å²) in [6.45, 7) is 0.107. The number of hydrogen-bond donors (Lipinski definition) is 2. The quantitative estimate of drug-likeness (QED) is 0.884. The molecule has 0 unspecified atom stereocenters. The Kier molecular flexibility index (Phi) is 5.22. The lowest BCUT2D eigenvalue weighted by atomic mass is 10.2. The van der Waals surface area contributed by atoms with E-state index in [1.165, 1.54) is 18.2 Å². The molecule has 0 bridgehead atoms. The minimum absolute atomic E-state index is 0.0231. The molecule has 0 saturated heterocycles. The number of hydrogen-bond acceptors (Lipinski definition) is 3. The zero-order chi connectivity index (χ0) is 16.1. The molecule has 0 radical (unpaired) electrons. The number of rotatable bonds is 5. The zero-order valence-corrected chi connectivity index (χ0v) is 13.1. The van der Waals surface area contributed by atoms with Crippen molar-refractivity contribution in [3.63, 3.8) is 0 Å². The SMILES string of the molecule is CN(C)c1ccc(NCC(=O)Nc2ccc(F)c(Cl)c2)cc1. The van der Waals surface area contributed by atoms with Gasteiger partial charge in [-0.25, -0.2) is 4.39 Å². The number of anilines is 3. The van der Waals surface area contributed by atoms with Crippen LogP contribution in [0.5, 0.6) is 0 Å². The average Bonchev–Trinajstić information content (AvgIpc) is 2.49. The van der Waals surface area contributed by atoms with Crippen molar-refractivity contribution in [2.45, 2.75) is 0 Å². The van der Waals surface area contributed by atoms with Gasteiger partial charge >= 0.3 is 0 Å². The van der Waals surface area contributed by atoms with Crippen LogP contribution in [-0.2, 0) is 4.79 Å². The van der Waals surface area contributed by atoms with Crippen LogP contribution < -0.4 is 15.5 Å².